The minimum Gasteiger partial charge on any atom is -0.394 e. The Balaban J connectivity index is 0.895. The van der Waals surface area contributed by atoms with E-state index in [1.54, 1.807) is 0 Å². The Morgan fingerprint density at radius 2 is 0.955 bits per heavy atom. The fourth-order valence-electron chi connectivity index (χ4n) is 17.1. The van der Waals surface area contributed by atoms with Crippen LogP contribution in [-0.2, 0) is 47.4 Å². The standard InChI is InChI=1S/C60H102O28/c1-24(9-13-35(57(4,5)78)86-55-50(88-53-48(77)43(72)38(67)30(21-63)82-53)45(74)40(69)32(84-55)23-79-51-46(75)41(70)36(65)28(19-61)80-51)25-15-16-60(8)33-12-10-26-27(58(33,6)17-18-59(25,60)7)11-14-34(56(26,2)3)85-54-49(44(73)39(68)31(22-64)83-54)87-52-47(76)42(71)37(66)29(20-62)81-52/h10,24-25,27-55,61-78H,9,11-23H2,1-8H3. The molecule has 0 aromatic carbocycles. The van der Waals surface area contributed by atoms with Gasteiger partial charge < -0.3 is 139 Å². The second-order valence-electron chi connectivity index (χ2n) is 28.6. The third-order valence-corrected chi connectivity index (χ3v) is 22.8. The Kier molecular flexibility index (Phi) is 22.1. The van der Waals surface area contributed by atoms with Crippen molar-refractivity contribution in [1.29, 1.82) is 0 Å². The summed E-state index contributed by atoms with van der Waals surface area (Å²) in [5.74, 6) is 0.763. The summed E-state index contributed by atoms with van der Waals surface area (Å²) in [6, 6.07) is 0. The van der Waals surface area contributed by atoms with Crippen molar-refractivity contribution in [2.45, 2.75) is 285 Å². The van der Waals surface area contributed by atoms with E-state index in [0.717, 1.165) is 38.5 Å². The van der Waals surface area contributed by atoms with Crippen LogP contribution in [0, 0.1) is 45.3 Å². The normalized spacial score (nSPS) is 51.4. The van der Waals surface area contributed by atoms with Crippen molar-refractivity contribution in [3.8, 4) is 0 Å². The Hall–Kier alpha value is -1.38. The predicted molar refractivity (Wildman–Crippen MR) is 299 cm³/mol. The first-order valence-corrected chi connectivity index (χ1v) is 31.5. The van der Waals surface area contributed by atoms with Crippen LogP contribution in [0.2, 0.25) is 0 Å². The van der Waals surface area contributed by atoms with Gasteiger partial charge in [-0.05, 0) is 112 Å². The first kappa shape index (κ1) is 70.9. The van der Waals surface area contributed by atoms with E-state index in [2.05, 4.69) is 47.6 Å². The summed E-state index contributed by atoms with van der Waals surface area (Å²) in [4.78, 5) is 0. The molecule has 0 aromatic rings. The Bertz CT molecular complexity index is 2310. The minimum atomic E-state index is -1.93. The molecule has 88 heavy (non-hydrogen) atoms. The van der Waals surface area contributed by atoms with Gasteiger partial charge in [0, 0.05) is 5.41 Å². The van der Waals surface area contributed by atoms with E-state index in [-0.39, 0.29) is 46.3 Å². The first-order valence-electron chi connectivity index (χ1n) is 31.5. The van der Waals surface area contributed by atoms with Crippen LogP contribution in [0.15, 0.2) is 11.6 Å². The maximum atomic E-state index is 11.9. The molecule has 0 radical (unpaired) electrons. The van der Waals surface area contributed by atoms with Crippen molar-refractivity contribution >= 4 is 0 Å². The van der Waals surface area contributed by atoms with Gasteiger partial charge in [0.05, 0.1) is 50.8 Å². The van der Waals surface area contributed by atoms with Crippen molar-refractivity contribution in [2.75, 3.05) is 33.0 Å². The van der Waals surface area contributed by atoms with Gasteiger partial charge in [0.15, 0.2) is 31.5 Å². The number of rotatable bonds is 20. The molecule has 18 N–H and O–H groups in total. The molecule has 28 nitrogen and oxygen atoms in total. The zero-order valence-corrected chi connectivity index (χ0v) is 51.5. The smallest absolute Gasteiger partial charge is 0.187 e. The van der Waals surface area contributed by atoms with Crippen molar-refractivity contribution < 1.29 is 139 Å². The highest BCUT2D eigenvalue weighted by molar-refractivity contribution is 5.30. The molecule has 8 fully saturated rings. The molecule has 3 saturated carbocycles. The largest absolute Gasteiger partial charge is 0.394 e. The van der Waals surface area contributed by atoms with Gasteiger partial charge in [-0.25, -0.2) is 0 Å². The zero-order chi connectivity index (χ0) is 64.7. The minimum absolute atomic E-state index is 0.0759. The van der Waals surface area contributed by atoms with Gasteiger partial charge in [0.1, 0.15) is 122 Å². The number of hydrogen-bond acceptors (Lipinski definition) is 28. The van der Waals surface area contributed by atoms with E-state index in [1.807, 2.05) is 0 Å². The van der Waals surface area contributed by atoms with Gasteiger partial charge in [0.25, 0.3) is 0 Å². The average molecular weight is 1270 g/mol. The molecule has 34 atom stereocenters. The maximum absolute atomic E-state index is 11.9. The van der Waals surface area contributed by atoms with Gasteiger partial charge in [-0.1, -0.05) is 53.2 Å². The van der Waals surface area contributed by atoms with E-state index >= 15 is 0 Å². The summed E-state index contributed by atoms with van der Waals surface area (Å²) >= 11 is 0. The fraction of sp³-hybridized carbons (Fsp3) is 0.967. The second kappa shape index (κ2) is 27.4. The molecule has 34 unspecified atom stereocenters. The molecule has 5 aliphatic heterocycles. The van der Waals surface area contributed by atoms with Crippen molar-refractivity contribution in [3.05, 3.63) is 11.6 Å². The number of allylic oxidation sites excluding steroid dienone is 1. The molecule has 9 rings (SSSR count). The topological polar surface area (TPSA) is 456 Å². The van der Waals surface area contributed by atoms with Gasteiger partial charge in [-0.2, -0.15) is 0 Å². The number of aliphatic hydroxyl groups excluding tert-OH is 17. The molecule has 0 aromatic heterocycles. The van der Waals surface area contributed by atoms with E-state index in [4.69, 9.17) is 47.4 Å². The van der Waals surface area contributed by atoms with Crippen LogP contribution in [0.3, 0.4) is 0 Å². The van der Waals surface area contributed by atoms with Crippen LogP contribution in [0.25, 0.3) is 0 Å². The van der Waals surface area contributed by atoms with Gasteiger partial charge in [-0.15, -0.1) is 0 Å². The van der Waals surface area contributed by atoms with Crippen LogP contribution < -0.4 is 0 Å². The third-order valence-electron chi connectivity index (χ3n) is 22.8. The Labute approximate surface area is 512 Å². The van der Waals surface area contributed by atoms with E-state index in [1.165, 1.54) is 19.4 Å². The fourth-order valence-corrected chi connectivity index (χ4v) is 17.1. The summed E-state index contributed by atoms with van der Waals surface area (Å²) in [5, 5.41) is 193. The predicted octanol–water partition coefficient (Wildman–Crippen LogP) is -4.38. The third kappa shape index (κ3) is 12.8. The van der Waals surface area contributed by atoms with Crippen LogP contribution in [0.4, 0.5) is 0 Å². The monoisotopic (exact) mass is 1270 g/mol. The molecule has 9 aliphatic rings. The van der Waals surface area contributed by atoms with Crippen LogP contribution in [-0.4, -0.2) is 296 Å². The number of aliphatic hydroxyl groups is 18. The highest BCUT2D eigenvalue weighted by atomic mass is 16.8. The molecular weight excluding hydrogens is 1170 g/mol. The van der Waals surface area contributed by atoms with Crippen LogP contribution in [0.5, 0.6) is 0 Å². The lowest BCUT2D eigenvalue weighted by Gasteiger charge is -2.66. The SMILES string of the molecule is CC(CCC(OC1OC(COC2OC(CO)C(O)C(O)C2O)C(O)C(O)C1OC1OC(CO)C(O)C(O)C1O)C(C)(C)O)C1CCC2(C)C3CC=C4C(CCC(OC5OC(CO)C(O)C(O)C5OC5OC(CO)C(O)C(O)C5O)C4(C)C)C3(C)CCC12C. The van der Waals surface area contributed by atoms with E-state index < -0.39 is 210 Å². The van der Waals surface area contributed by atoms with Crippen LogP contribution >= 0.6 is 0 Å². The highest BCUT2D eigenvalue weighted by Crippen LogP contribution is 2.75. The molecular formula is C60H102O28. The van der Waals surface area contributed by atoms with Gasteiger partial charge >= 0.3 is 0 Å². The maximum Gasteiger partial charge on any atom is 0.187 e. The van der Waals surface area contributed by atoms with Crippen molar-refractivity contribution in [1.82, 2.24) is 0 Å². The lowest BCUT2D eigenvalue weighted by Crippen LogP contribution is -2.65. The van der Waals surface area contributed by atoms with Gasteiger partial charge in [-0.3, -0.25) is 0 Å². The molecule has 5 heterocycles. The van der Waals surface area contributed by atoms with Crippen molar-refractivity contribution in [2.24, 2.45) is 45.3 Å². The number of ether oxygens (including phenoxy) is 10. The molecule has 0 bridgehead atoms. The quantitative estimate of drug-likeness (QED) is 0.0512. The summed E-state index contributed by atoms with van der Waals surface area (Å²) in [6.45, 7) is 13.2. The lowest BCUT2D eigenvalue weighted by atomic mass is 9.39. The Morgan fingerprint density at radius 1 is 0.500 bits per heavy atom. The molecule has 28 heteroatoms. The highest BCUT2D eigenvalue weighted by Gasteiger charge is 2.68. The second-order valence-corrected chi connectivity index (χ2v) is 28.6. The van der Waals surface area contributed by atoms with E-state index in [0.29, 0.717) is 12.8 Å². The van der Waals surface area contributed by atoms with Gasteiger partial charge in [0.2, 0.25) is 0 Å². The lowest BCUT2D eigenvalue weighted by molar-refractivity contribution is -0.380. The summed E-state index contributed by atoms with van der Waals surface area (Å²) in [6.07, 6.45) is -34.1. The Morgan fingerprint density at radius 3 is 1.47 bits per heavy atom. The molecule has 0 amide bonds. The molecule has 0 spiro atoms. The number of hydrogen-bond donors (Lipinski definition) is 18. The van der Waals surface area contributed by atoms with Crippen molar-refractivity contribution in [3.63, 3.8) is 0 Å². The summed E-state index contributed by atoms with van der Waals surface area (Å²) < 4.78 is 60.2. The first-order chi connectivity index (χ1) is 41.2. The van der Waals surface area contributed by atoms with E-state index in [9.17, 15) is 91.9 Å². The van der Waals surface area contributed by atoms with Crippen LogP contribution in [0.1, 0.15) is 113 Å². The molecule has 5 saturated heterocycles. The zero-order valence-electron chi connectivity index (χ0n) is 51.5. The summed E-state index contributed by atoms with van der Waals surface area (Å²) in [7, 11) is 0. The molecule has 4 aliphatic carbocycles. The molecule has 510 valence electrons. The summed E-state index contributed by atoms with van der Waals surface area (Å²) in [5.41, 5.74) is -1.33. The number of fused-ring (bicyclic) bond motifs is 5. The average Bonchev–Trinajstić information content (AvgIpc) is 1.33.